The summed E-state index contributed by atoms with van der Waals surface area (Å²) in [5.74, 6) is 1.85. The van der Waals surface area contributed by atoms with E-state index in [1.807, 2.05) is 84.9 Å². The van der Waals surface area contributed by atoms with Gasteiger partial charge in [-0.1, -0.05) is 103 Å². The normalized spacial score (nSPS) is 11.9. The third-order valence-corrected chi connectivity index (χ3v) is 9.84. The van der Waals surface area contributed by atoms with Crippen molar-refractivity contribution >= 4 is 65.7 Å². The van der Waals surface area contributed by atoms with Crippen molar-refractivity contribution in [1.29, 1.82) is 0 Å². The van der Waals surface area contributed by atoms with Gasteiger partial charge >= 0.3 is 0 Å². The van der Waals surface area contributed by atoms with Crippen LogP contribution in [-0.2, 0) is 0 Å². The standard InChI is InChI=1S/C45H26N4O2/c1-3-12-27(13-4-1)43-46-44(28-14-5-2-6-15-28)48-45(47-43)29-22-23-38-32(24-29)33-25-34-41(26-40(33)50-38)51-39-21-11-20-37(42(34)39)49-35-18-9-7-16-30(35)31-17-8-10-19-36(31)49/h1-26H. The minimum atomic E-state index is 0.599. The number of para-hydroxylation sites is 2. The molecule has 0 aliphatic carbocycles. The molecule has 11 aromatic rings. The summed E-state index contributed by atoms with van der Waals surface area (Å²) in [6, 6.07) is 53.9. The molecule has 6 heteroatoms. The van der Waals surface area contributed by atoms with Crippen molar-refractivity contribution in [3.8, 4) is 39.9 Å². The molecule has 0 N–H and O–H groups in total. The van der Waals surface area contributed by atoms with Gasteiger partial charge in [0.15, 0.2) is 17.5 Å². The van der Waals surface area contributed by atoms with Gasteiger partial charge in [-0.15, -0.1) is 0 Å². The Morgan fingerprint density at radius 1 is 0.353 bits per heavy atom. The molecule has 7 aromatic carbocycles. The Hall–Kier alpha value is -7.05. The fourth-order valence-electron chi connectivity index (χ4n) is 7.52. The van der Waals surface area contributed by atoms with Crippen molar-refractivity contribution in [3.05, 3.63) is 158 Å². The maximum atomic E-state index is 6.52. The fourth-order valence-corrected chi connectivity index (χ4v) is 7.52. The summed E-state index contributed by atoms with van der Waals surface area (Å²) in [5, 5.41) is 6.51. The highest BCUT2D eigenvalue weighted by molar-refractivity contribution is 6.19. The first-order chi connectivity index (χ1) is 25.3. The van der Waals surface area contributed by atoms with Crippen LogP contribution in [0.2, 0.25) is 0 Å². The van der Waals surface area contributed by atoms with E-state index in [1.165, 1.54) is 10.8 Å². The van der Waals surface area contributed by atoms with E-state index >= 15 is 0 Å². The van der Waals surface area contributed by atoms with E-state index in [0.29, 0.717) is 17.5 Å². The Bertz CT molecular complexity index is 3030. The third kappa shape index (κ3) is 4.26. The summed E-state index contributed by atoms with van der Waals surface area (Å²) in [6.45, 7) is 0. The predicted octanol–water partition coefficient (Wildman–Crippen LogP) is 11.8. The molecule has 0 fully saturated rings. The van der Waals surface area contributed by atoms with E-state index in [2.05, 4.69) is 77.4 Å². The Morgan fingerprint density at radius 3 is 1.57 bits per heavy atom. The molecule has 51 heavy (non-hydrogen) atoms. The average molecular weight is 655 g/mol. The molecule has 0 bridgehead atoms. The number of fused-ring (bicyclic) bond motifs is 9. The van der Waals surface area contributed by atoms with E-state index < -0.39 is 0 Å². The number of hydrogen-bond acceptors (Lipinski definition) is 5. The molecule has 238 valence electrons. The molecule has 0 saturated heterocycles. The van der Waals surface area contributed by atoms with Gasteiger partial charge in [0.05, 0.1) is 22.1 Å². The first kappa shape index (κ1) is 27.9. The number of furan rings is 2. The van der Waals surface area contributed by atoms with E-state index in [1.54, 1.807) is 0 Å². The van der Waals surface area contributed by atoms with Gasteiger partial charge in [-0.3, -0.25) is 0 Å². The Labute approximate surface area is 290 Å². The summed E-state index contributed by atoms with van der Waals surface area (Å²) in [4.78, 5) is 14.8. The minimum absolute atomic E-state index is 0.599. The van der Waals surface area contributed by atoms with E-state index in [0.717, 1.165) is 77.3 Å². The lowest BCUT2D eigenvalue weighted by Gasteiger charge is -2.09. The maximum absolute atomic E-state index is 6.52. The topological polar surface area (TPSA) is 69.9 Å². The fraction of sp³-hybridized carbons (Fsp3) is 0. The van der Waals surface area contributed by atoms with Crippen LogP contribution < -0.4 is 0 Å². The molecule has 0 aliphatic heterocycles. The summed E-state index contributed by atoms with van der Waals surface area (Å²) >= 11 is 0. The number of rotatable bonds is 4. The summed E-state index contributed by atoms with van der Waals surface area (Å²) in [7, 11) is 0. The molecule has 0 amide bonds. The second kappa shape index (κ2) is 10.7. The largest absolute Gasteiger partial charge is 0.456 e. The zero-order valence-electron chi connectivity index (χ0n) is 27.1. The van der Waals surface area contributed by atoms with Gasteiger partial charge in [0, 0.05) is 49.7 Å². The van der Waals surface area contributed by atoms with Crippen LogP contribution in [0.5, 0.6) is 0 Å². The zero-order valence-corrected chi connectivity index (χ0v) is 27.1. The van der Waals surface area contributed by atoms with Crippen LogP contribution in [0.3, 0.4) is 0 Å². The Balaban J connectivity index is 1.14. The van der Waals surface area contributed by atoms with Gasteiger partial charge in [0.2, 0.25) is 0 Å². The minimum Gasteiger partial charge on any atom is -0.456 e. The number of nitrogens with zero attached hydrogens (tertiary/aromatic N) is 4. The molecular weight excluding hydrogens is 629 g/mol. The highest BCUT2D eigenvalue weighted by atomic mass is 16.3. The molecule has 0 saturated carbocycles. The van der Waals surface area contributed by atoms with E-state index in [4.69, 9.17) is 23.8 Å². The van der Waals surface area contributed by atoms with Gasteiger partial charge in [-0.25, -0.2) is 15.0 Å². The second-order valence-corrected chi connectivity index (χ2v) is 12.8. The Kier molecular flexibility index (Phi) is 5.86. The van der Waals surface area contributed by atoms with Crippen LogP contribution in [0, 0.1) is 0 Å². The molecule has 0 unspecified atom stereocenters. The monoisotopic (exact) mass is 654 g/mol. The van der Waals surface area contributed by atoms with Gasteiger partial charge in [-0.2, -0.15) is 0 Å². The quantitative estimate of drug-likeness (QED) is 0.189. The molecule has 4 heterocycles. The Morgan fingerprint density at radius 2 is 0.902 bits per heavy atom. The molecular formula is C45H26N4O2. The molecule has 0 atom stereocenters. The summed E-state index contributed by atoms with van der Waals surface area (Å²) in [5.41, 5.74) is 9.28. The second-order valence-electron chi connectivity index (χ2n) is 12.8. The SMILES string of the molecule is c1ccc(-c2nc(-c3ccccc3)nc(-c3ccc4oc5cc6oc7cccc(-n8c9ccccc9c9ccccc98)c7c6cc5c4c3)n2)cc1. The first-order valence-electron chi connectivity index (χ1n) is 16.9. The van der Waals surface area contributed by atoms with Crippen molar-refractivity contribution in [3.63, 3.8) is 0 Å². The molecule has 0 aliphatic rings. The van der Waals surface area contributed by atoms with Gasteiger partial charge in [-0.05, 0) is 48.5 Å². The lowest BCUT2D eigenvalue weighted by molar-refractivity contribution is 0.656. The first-order valence-corrected chi connectivity index (χ1v) is 16.9. The molecule has 0 spiro atoms. The smallest absolute Gasteiger partial charge is 0.164 e. The molecule has 11 rings (SSSR count). The number of benzene rings is 7. The van der Waals surface area contributed by atoms with Crippen LogP contribution in [-0.4, -0.2) is 19.5 Å². The number of aromatic nitrogens is 4. The maximum Gasteiger partial charge on any atom is 0.164 e. The molecule has 0 radical (unpaired) electrons. The van der Waals surface area contributed by atoms with Crippen molar-refractivity contribution in [1.82, 2.24) is 19.5 Å². The van der Waals surface area contributed by atoms with E-state index in [9.17, 15) is 0 Å². The van der Waals surface area contributed by atoms with Gasteiger partial charge in [0.1, 0.15) is 22.3 Å². The molecule has 4 aromatic heterocycles. The summed E-state index contributed by atoms with van der Waals surface area (Å²) in [6.07, 6.45) is 0. The average Bonchev–Trinajstić information content (AvgIpc) is 3.86. The number of hydrogen-bond donors (Lipinski definition) is 0. The summed E-state index contributed by atoms with van der Waals surface area (Å²) < 4.78 is 15.3. The van der Waals surface area contributed by atoms with Crippen LogP contribution in [0.15, 0.2) is 167 Å². The van der Waals surface area contributed by atoms with Crippen LogP contribution >= 0.6 is 0 Å². The highest BCUT2D eigenvalue weighted by Crippen LogP contribution is 2.42. The van der Waals surface area contributed by atoms with Crippen molar-refractivity contribution in [2.45, 2.75) is 0 Å². The van der Waals surface area contributed by atoms with Crippen molar-refractivity contribution in [2.75, 3.05) is 0 Å². The van der Waals surface area contributed by atoms with Crippen molar-refractivity contribution in [2.24, 2.45) is 0 Å². The predicted molar refractivity (Wildman–Crippen MR) is 205 cm³/mol. The lowest BCUT2D eigenvalue weighted by Crippen LogP contribution is -2.00. The highest BCUT2D eigenvalue weighted by Gasteiger charge is 2.20. The van der Waals surface area contributed by atoms with Crippen LogP contribution in [0.25, 0.3) is 106 Å². The zero-order chi connectivity index (χ0) is 33.5. The van der Waals surface area contributed by atoms with Crippen molar-refractivity contribution < 1.29 is 8.83 Å². The third-order valence-electron chi connectivity index (χ3n) is 9.84. The van der Waals surface area contributed by atoms with Gasteiger partial charge in [0.25, 0.3) is 0 Å². The van der Waals surface area contributed by atoms with Crippen LogP contribution in [0.4, 0.5) is 0 Å². The van der Waals surface area contributed by atoms with E-state index in [-0.39, 0.29) is 0 Å². The van der Waals surface area contributed by atoms with Crippen LogP contribution in [0.1, 0.15) is 0 Å². The lowest BCUT2D eigenvalue weighted by atomic mass is 10.0. The molecule has 6 nitrogen and oxygen atoms in total. The van der Waals surface area contributed by atoms with Gasteiger partial charge < -0.3 is 13.4 Å².